The Kier molecular flexibility index (Phi) is 54.0. The highest BCUT2D eigenvalue weighted by atomic mass is 16.6. The van der Waals surface area contributed by atoms with Gasteiger partial charge in [0.15, 0.2) is 6.10 Å². The number of hydrogen-bond donors (Lipinski definition) is 0. The van der Waals surface area contributed by atoms with E-state index >= 15 is 0 Å². The van der Waals surface area contributed by atoms with Gasteiger partial charge < -0.3 is 14.2 Å². The summed E-state index contributed by atoms with van der Waals surface area (Å²) in [5, 5.41) is 0. The lowest BCUT2D eigenvalue weighted by Gasteiger charge is -2.18. The van der Waals surface area contributed by atoms with E-state index < -0.39 is 6.10 Å². The van der Waals surface area contributed by atoms with Crippen LogP contribution in [0.2, 0.25) is 0 Å². The van der Waals surface area contributed by atoms with Crippen LogP contribution in [0.5, 0.6) is 0 Å². The molecule has 396 valence electrons. The molecule has 0 aromatic heterocycles. The second kappa shape index (κ2) is 57.4. The summed E-state index contributed by atoms with van der Waals surface area (Å²) in [7, 11) is 0. The van der Waals surface area contributed by atoms with Gasteiger partial charge >= 0.3 is 17.9 Å². The molecule has 70 heavy (non-hydrogen) atoms. The van der Waals surface area contributed by atoms with Crippen LogP contribution in [-0.2, 0) is 28.6 Å². The Labute approximate surface area is 431 Å². The Morgan fingerprint density at radius 3 is 0.900 bits per heavy atom. The van der Waals surface area contributed by atoms with Crippen molar-refractivity contribution in [3.63, 3.8) is 0 Å². The number of hydrogen-bond acceptors (Lipinski definition) is 6. The van der Waals surface area contributed by atoms with Crippen molar-refractivity contribution in [2.24, 2.45) is 0 Å². The summed E-state index contributed by atoms with van der Waals surface area (Å²) >= 11 is 0. The standard InChI is InChI=1S/C64H104O6/c1-4-7-10-13-16-19-22-25-28-30-31-32-33-35-36-39-42-45-48-51-54-57-63(66)69-60-61(59-68-62(65)56-53-50-47-44-41-38-27-24-21-18-15-12-9-6-3)70-64(67)58-55-52-49-46-43-40-37-34-29-26-23-20-17-14-11-8-5-2/h7-8,10-11,16-17,19-20,25-26,28-29,31-32,35-37,40,42,45,61H,4-6,9,12-15,18,21-24,27,30,33-34,38-39,41,43-44,46-60H2,1-3H3/b10-7-,11-8-,19-16-,20-17-,28-25-,29-26-,32-31-,36-35-,40-37-,45-42-. The van der Waals surface area contributed by atoms with Crippen LogP contribution in [0.1, 0.15) is 245 Å². The molecule has 0 fully saturated rings. The molecule has 0 spiro atoms. The van der Waals surface area contributed by atoms with Gasteiger partial charge in [-0.25, -0.2) is 0 Å². The summed E-state index contributed by atoms with van der Waals surface area (Å²) in [6.45, 7) is 6.35. The molecule has 0 aliphatic carbocycles. The van der Waals surface area contributed by atoms with Crippen LogP contribution in [-0.4, -0.2) is 37.2 Å². The molecule has 0 amide bonds. The predicted octanol–water partition coefficient (Wildman–Crippen LogP) is 19.3. The van der Waals surface area contributed by atoms with Crippen molar-refractivity contribution >= 4 is 17.9 Å². The molecule has 0 aliphatic heterocycles. The molecule has 0 aliphatic rings. The van der Waals surface area contributed by atoms with Crippen LogP contribution in [0.15, 0.2) is 122 Å². The van der Waals surface area contributed by atoms with Gasteiger partial charge in [-0.15, -0.1) is 0 Å². The fraction of sp³-hybridized carbons (Fsp3) is 0.641. The molecule has 0 saturated heterocycles. The first-order valence-corrected chi connectivity index (χ1v) is 28.5. The molecule has 6 nitrogen and oxygen atoms in total. The largest absolute Gasteiger partial charge is 0.462 e. The van der Waals surface area contributed by atoms with E-state index in [1.807, 2.05) is 0 Å². The molecule has 0 heterocycles. The minimum absolute atomic E-state index is 0.103. The molecule has 1 atom stereocenters. The first-order valence-electron chi connectivity index (χ1n) is 28.5. The second-order valence-electron chi connectivity index (χ2n) is 18.4. The van der Waals surface area contributed by atoms with Gasteiger partial charge in [0, 0.05) is 19.3 Å². The Bertz CT molecular complexity index is 1490. The van der Waals surface area contributed by atoms with E-state index in [2.05, 4.69) is 142 Å². The third-order valence-electron chi connectivity index (χ3n) is 11.7. The van der Waals surface area contributed by atoms with E-state index in [0.29, 0.717) is 19.3 Å². The van der Waals surface area contributed by atoms with Crippen LogP contribution in [0.3, 0.4) is 0 Å². The Morgan fingerprint density at radius 2 is 0.557 bits per heavy atom. The van der Waals surface area contributed by atoms with Crippen molar-refractivity contribution in [1.82, 2.24) is 0 Å². The Morgan fingerprint density at radius 1 is 0.300 bits per heavy atom. The summed E-state index contributed by atoms with van der Waals surface area (Å²) < 4.78 is 16.8. The zero-order valence-corrected chi connectivity index (χ0v) is 45.2. The van der Waals surface area contributed by atoms with Crippen LogP contribution >= 0.6 is 0 Å². The maximum absolute atomic E-state index is 12.8. The highest BCUT2D eigenvalue weighted by Gasteiger charge is 2.19. The number of rotatable bonds is 50. The van der Waals surface area contributed by atoms with E-state index in [0.717, 1.165) is 128 Å². The van der Waals surface area contributed by atoms with Crippen LogP contribution < -0.4 is 0 Å². The average molecular weight is 970 g/mol. The summed E-state index contributed by atoms with van der Waals surface area (Å²) in [5.74, 6) is -0.973. The van der Waals surface area contributed by atoms with E-state index in [1.54, 1.807) is 0 Å². The van der Waals surface area contributed by atoms with E-state index in [9.17, 15) is 14.4 Å². The normalized spacial score (nSPS) is 13.0. The molecule has 0 N–H and O–H groups in total. The van der Waals surface area contributed by atoms with E-state index in [1.165, 1.54) is 70.6 Å². The highest BCUT2D eigenvalue weighted by molar-refractivity contribution is 5.71. The molecule has 1 unspecified atom stereocenters. The Balaban J connectivity index is 4.51. The zero-order chi connectivity index (χ0) is 50.7. The van der Waals surface area contributed by atoms with Crippen LogP contribution in [0.4, 0.5) is 0 Å². The van der Waals surface area contributed by atoms with E-state index in [4.69, 9.17) is 14.2 Å². The third-order valence-corrected chi connectivity index (χ3v) is 11.7. The molecule has 6 heteroatoms. The molecule has 0 aromatic rings. The first-order chi connectivity index (χ1) is 34.5. The summed E-state index contributed by atoms with van der Waals surface area (Å²) in [6, 6.07) is 0. The molecule has 0 aromatic carbocycles. The number of unbranched alkanes of at least 4 members (excludes halogenated alkanes) is 19. The monoisotopic (exact) mass is 969 g/mol. The van der Waals surface area contributed by atoms with Crippen molar-refractivity contribution in [2.75, 3.05) is 13.2 Å². The first kappa shape index (κ1) is 65.8. The van der Waals surface area contributed by atoms with E-state index in [-0.39, 0.29) is 37.5 Å². The second-order valence-corrected chi connectivity index (χ2v) is 18.4. The number of carbonyl (C=O) groups is 3. The molecule has 0 rings (SSSR count). The van der Waals surface area contributed by atoms with Crippen LogP contribution in [0.25, 0.3) is 0 Å². The maximum Gasteiger partial charge on any atom is 0.306 e. The quantitative estimate of drug-likeness (QED) is 0.0262. The summed E-state index contributed by atoms with van der Waals surface area (Å²) in [5.41, 5.74) is 0. The van der Waals surface area contributed by atoms with Gasteiger partial charge in [0.25, 0.3) is 0 Å². The number of esters is 3. The van der Waals surface area contributed by atoms with Gasteiger partial charge in [0.05, 0.1) is 0 Å². The van der Waals surface area contributed by atoms with Crippen molar-refractivity contribution < 1.29 is 28.6 Å². The third kappa shape index (κ3) is 54.7. The predicted molar refractivity (Wildman–Crippen MR) is 302 cm³/mol. The van der Waals surface area contributed by atoms with Crippen molar-refractivity contribution in [2.45, 2.75) is 252 Å². The maximum atomic E-state index is 12.8. The highest BCUT2D eigenvalue weighted by Crippen LogP contribution is 2.15. The smallest absolute Gasteiger partial charge is 0.306 e. The van der Waals surface area contributed by atoms with Crippen molar-refractivity contribution in [3.8, 4) is 0 Å². The van der Waals surface area contributed by atoms with Gasteiger partial charge in [-0.05, 0) is 109 Å². The SMILES string of the molecule is CC/C=C\C/C=C\C/C=C\C/C=C\C/C=C\C/C=C\CCCCC(=O)OCC(COC(=O)CCCCCCCCCCCCCCCC)OC(=O)CCCCCC/C=C\C/C=C\C/C=C\C/C=C\CC. The molecular formula is C64H104O6. The molecular weight excluding hydrogens is 865 g/mol. The number of carbonyl (C=O) groups excluding carboxylic acids is 3. The zero-order valence-electron chi connectivity index (χ0n) is 45.2. The molecule has 0 radical (unpaired) electrons. The molecule has 0 saturated carbocycles. The fourth-order valence-corrected chi connectivity index (χ4v) is 7.49. The minimum Gasteiger partial charge on any atom is -0.462 e. The lowest BCUT2D eigenvalue weighted by molar-refractivity contribution is -0.167. The van der Waals surface area contributed by atoms with Gasteiger partial charge in [-0.1, -0.05) is 239 Å². The number of allylic oxidation sites excluding steroid dienone is 20. The van der Waals surface area contributed by atoms with Crippen molar-refractivity contribution in [3.05, 3.63) is 122 Å². The van der Waals surface area contributed by atoms with Gasteiger partial charge in [0.1, 0.15) is 13.2 Å². The lowest BCUT2D eigenvalue weighted by atomic mass is 10.0. The molecule has 0 bridgehead atoms. The minimum atomic E-state index is -0.811. The van der Waals surface area contributed by atoms with Crippen LogP contribution in [0, 0.1) is 0 Å². The topological polar surface area (TPSA) is 78.9 Å². The van der Waals surface area contributed by atoms with Gasteiger partial charge in [0.2, 0.25) is 0 Å². The van der Waals surface area contributed by atoms with Gasteiger partial charge in [-0.2, -0.15) is 0 Å². The van der Waals surface area contributed by atoms with Crippen molar-refractivity contribution in [1.29, 1.82) is 0 Å². The Hall–Kier alpha value is -4.19. The average Bonchev–Trinajstić information content (AvgIpc) is 3.36. The summed E-state index contributed by atoms with van der Waals surface area (Å²) in [4.78, 5) is 38.1. The number of ether oxygens (including phenoxy) is 3. The van der Waals surface area contributed by atoms with Gasteiger partial charge in [-0.3, -0.25) is 14.4 Å². The summed E-state index contributed by atoms with van der Waals surface area (Å²) in [6.07, 6.45) is 79.0. The fourth-order valence-electron chi connectivity index (χ4n) is 7.49. The lowest BCUT2D eigenvalue weighted by Crippen LogP contribution is -2.30.